The van der Waals surface area contributed by atoms with E-state index in [0.717, 1.165) is 36.5 Å². The smallest absolute Gasteiger partial charge is 0.208 e. The molecule has 0 aliphatic heterocycles. The molecule has 2 rings (SSSR count). The molecule has 0 saturated heterocycles. The number of nitrogens with zero attached hydrogens (tertiary/aromatic N) is 2. The van der Waals surface area contributed by atoms with Crippen LogP contribution in [0, 0.1) is 13.8 Å². The van der Waals surface area contributed by atoms with E-state index >= 15 is 0 Å². The van der Waals surface area contributed by atoms with E-state index in [-0.39, 0.29) is 0 Å². The molecular formula is C13H23N3O. The zero-order valence-corrected chi connectivity index (χ0v) is 11.3. The molecule has 1 aliphatic rings. The lowest BCUT2D eigenvalue weighted by molar-refractivity contribution is 0.239. The first kappa shape index (κ1) is 12.6. The maximum absolute atomic E-state index is 5.53. The first-order valence-electron chi connectivity index (χ1n) is 6.43. The molecule has 0 spiro atoms. The highest BCUT2D eigenvalue weighted by Crippen LogP contribution is 2.26. The molecule has 1 fully saturated rings. The standard InChI is InChI=1S/C13H23N3O/c1-9(16(4)12-5-6-12)7-14-8-13-15-10(2)11(3)17-13/h9,12,14H,5-8H2,1-4H3. The van der Waals surface area contributed by atoms with Crippen LogP contribution in [0.3, 0.4) is 0 Å². The minimum absolute atomic E-state index is 0.569. The van der Waals surface area contributed by atoms with E-state index in [1.807, 2.05) is 13.8 Å². The maximum atomic E-state index is 5.53. The number of oxazole rings is 1. The van der Waals surface area contributed by atoms with E-state index in [9.17, 15) is 0 Å². The fourth-order valence-electron chi connectivity index (χ4n) is 1.99. The summed E-state index contributed by atoms with van der Waals surface area (Å²) in [5, 5.41) is 3.41. The van der Waals surface area contributed by atoms with Gasteiger partial charge in [0, 0.05) is 18.6 Å². The van der Waals surface area contributed by atoms with Crippen molar-refractivity contribution in [3.8, 4) is 0 Å². The van der Waals surface area contributed by atoms with Crippen LogP contribution in [0.2, 0.25) is 0 Å². The summed E-state index contributed by atoms with van der Waals surface area (Å²) in [5.41, 5.74) is 0.991. The van der Waals surface area contributed by atoms with Crippen molar-refractivity contribution in [1.29, 1.82) is 0 Å². The summed E-state index contributed by atoms with van der Waals surface area (Å²) in [6, 6.07) is 1.39. The van der Waals surface area contributed by atoms with Gasteiger partial charge in [0.15, 0.2) is 0 Å². The number of aryl methyl sites for hydroxylation is 2. The van der Waals surface area contributed by atoms with Crippen molar-refractivity contribution in [2.24, 2.45) is 0 Å². The number of hydrogen-bond acceptors (Lipinski definition) is 4. The molecule has 0 bridgehead atoms. The Bertz CT molecular complexity index is 351. The quantitative estimate of drug-likeness (QED) is 0.820. The number of rotatable bonds is 6. The van der Waals surface area contributed by atoms with E-state index in [1.165, 1.54) is 12.8 Å². The third-order valence-electron chi connectivity index (χ3n) is 3.61. The summed E-state index contributed by atoms with van der Waals surface area (Å²) >= 11 is 0. The van der Waals surface area contributed by atoms with E-state index in [4.69, 9.17) is 4.42 Å². The van der Waals surface area contributed by atoms with Gasteiger partial charge in [0.05, 0.1) is 12.2 Å². The second-order valence-electron chi connectivity index (χ2n) is 5.13. The first-order chi connectivity index (χ1) is 8.08. The molecule has 1 N–H and O–H groups in total. The number of aromatic nitrogens is 1. The molecule has 1 saturated carbocycles. The predicted octanol–water partition coefficient (Wildman–Crippen LogP) is 1.86. The van der Waals surface area contributed by atoms with Crippen LogP contribution in [0.4, 0.5) is 0 Å². The normalized spacial score (nSPS) is 17.7. The van der Waals surface area contributed by atoms with Crippen molar-refractivity contribution in [2.75, 3.05) is 13.6 Å². The summed E-state index contributed by atoms with van der Waals surface area (Å²) < 4.78 is 5.53. The largest absolute Gasteiger partial charge is 0.444 e. The van der Waals surface area contributed by atoms with Crippen molar-refractivity contribution < 1.29 is 4.42 Å². The third-order valence-corrected chi connectivity index (χ3v) is 3.61. The van der Waals surface area contributed by atoms with Crippen molar-refractivity contribution in [2.45, 2.75) is 52.2 Å². The molecule has 17 heavy (non-hydrogen) atoms. The van der Waals surface area contributed by atoms with Gasteiger partial charge < -0.3 is 9.73 Å². The van der Waals surface area contributed by atoms with E-state index in [0.29, 0.717) is 6.04 Å². The molecule has 1 aromatic heterocycles. The zero-order valence-electron chi connectivity index (χ0n) is 11.3. The Labute approximate surface area is 103 Å². The van der Waals surface area contributed by atoms with Crippen molar-refractivity contribution in [1.82, 2.24) is 15.2 Å². The van der Waals surface area contributed by atoms with Crippen molar-refractivity contribution in [3.05, 3.63) is 17.3 Å². The molecule has 0 aromatic carbocycles. The Balaban J connectivity index is 1.71. The van der Waals surface area contributed by atoms with Gasteiger partial charge in [0.25, 0.3) is 0 Å². The van der Waals surface area contributed by atoms with Gasteiger partial charge in [-0.05, 0) is 40.7 Å². The summed E-state index contributed by atoms with van der Waals surface area (Å²) in [6.45, 7) is 7.89. The second kappa shape index (κ2) is 5.19. The van der Waals surface area contributed by atoms with Gasteiger partial charge in [0.1, 0.15) is 5.76 Å². The summed E-state index contributed by atoms with van der Waals surface area (Å²) in [4.78, 5) is 6.81. The molecule has 1 aliphatic carbocycles. The highest BCUT2D eigenvalue weighted by molar-refractivity contribution is 5.05. The highest BCUT2D eigenvalue weighted by atomic mass is 16.4. The second-order valence-corrected chi connectivity index (χ2v) is 5.13. The minimum Gasteiger partial charge on any atom is -0.444 e. The van der Waals surface area contributed by atoms with Gasteiger partial charge in [-0.1, -0.05) is 0 Å². The van der Waals surface area contributed by atoms with E-state index in [2.05, 4.69) is 29.2 Å². The molecule has 1 atom stereocenters. The fourth-order valence-corrected chi connectivity index (χ4v) is 1.99. The Kier molecular flexibility index (Phi) is 3.84. The average Bonchev–Trinajstić information content (AvgIpc) is 3.06. The Morgan fingerprint density at radius 1 is 1.47 bits per heavy atom. The third kappa shape index (κ3) is 3.30. The van der Waals surface area contributed by atoms with Gasteiger partial charge in [-0.15, -0.1) is 0 Å². The maximum Gasteiger partial charge on any atom is 0.208 e. The molecule has 0 radical (unpaired) electrons. The zero-order chi connectivity index (χ0) is 12.4. The molecule has 4 nitrogen and oxygen atoms in total. The molecule has 1 unspecified atom stereocenters. The van der Waals surface area contributed by atoms with Crippen LogP contribution in [-0.2, 0) is 6.54 Å². The highest BCUT2D eigenvalue weighted by Gasteiger charge is 2.28. The Morgan fingerprint density at radius 3 is 2.71 bits per heavy atom. The predicted molar refractivity (Wildman–Crippen MR) is 67.9 cm³/mol. The van der Waals surface area contributed by atoms with Crippen molar-refractivity contribution >= 4 is 0 Å². The minimum atomic E-state index is 0.569. The fraction of sp³-hybridized carbons (Fsp3) is 0.769. The summed E-state index contributed by atoms with van der Waals surface area (Å²) in [7, 11) is 2.21. The number of nitrogens with one attached hydrogen (secondary N) is 1. The summed E-state index contributed by atoms with van der Waals surface area (Å²) in [6.07, 6.45) is 2.72. The average molecular weight is 237 g/mol. The van der Waals surface area contributed by atoms with Gasteiger partial charge in [0.2, 0.25) is 5.89 Å². The molecule has 4 heteroatoms. The molecule has 1 heterocycles. The Hall–Kier alpha value is -0.870. The van der Waals surface area contributed by atoms with E-state index < -0.39 is 0 Å². The lowest BCUT2D eigenvalue weighted by Crippen LogP contribution is -2.38. The van der Waals surface area contributed by atoms with Gasteiger partial charge in [-0.3, -0.25) is 4.90 Å². The van der Waals surface area contributed by atoms with Crippen LogP contribution in [0.15, 0.2) is 4.42 Å². The topological polar surface area (TPSA) is 41.3 Å². The first-order valence-corrected chi connectivity index (χ1v) is 6.43. The lowest BCUT2D eigenvalue weighted by Gasteiger charge is -2.24. The molecular weight excluding hydrogens is 214 g/mol. The molecule has 1 aromatic rings. The lowest BCUT2D eigenvalue weighted by atomic mass is 10.3. The van der Waals surface area contributed by atoms with E-state index in [1.54, 1.807) is 0 Å². The van der Waals surface area contributed by atoms with Crippen LogP contribution in [0.25, 0.3) is 0 Å². The monoisotopic (exact) mass is 237 g/mol. The molecule has 96 valence electrons. The van der Waals surface area contributed by atoms with Gasteiger partial charge in [-0.2, -0.15) is 0 Å². The van der Waals surface area contributed by atoms with Crippen LogP contribution < -0.4 is 5.32 Å². The van der Waals surface area contributed by atoms with Crippen LogP contribution in [-0.4, -0.2) is 35.6 Å². The van der Waals surface area contributed by atoms with Gasteiger partial charge >= 0.3 is 0 Å². The SMILES string of the molecule is Cc1nc(CNCC(C)N(C)C2CC2)oc1C. The number of likely N-dealkylation sites (N-methyl/N-ethyl adjacent to an activating group) is 1. The number of hydrogen-bond donors (Lipinski definition) is 1. The van der Waals surface area contributed by atoms with Gasteiger partial charge in [-0.25, -0.2) is 4.98 Å². The summed E-state index contributed by atoms with van der Waals surface area (Å²) in [5.74, 6) is 1.71. The van der Waals surface area contributed by atoms with Crippen LogP contribution in [0.1, 0.15) is 37.1 Å². The van der Waals surface area contributed by atoms with Crippen molar-refractivity contribution in [3.63, 3.8) is 0 Å². The van der Waals surface area contributed by atoms with Crippen LogP contribution in [0.5, 0.6) is 0 Å². The Morgan fingerprint density at radius 2 is 2.18 bits per heavy atom. The van der Waals surface area contributed by atoms with Crippen LogP contribution >= 0.6 is 0 Å². The molecule has 0 amide bonds.